The molecule has 0 radical (unpaired) electrons. The van der Waals surface area contributed by atoms with Gasteiger partial charge in [0.2, 0.25) is 0 Å². The molecule has 2 aromatic heterocycles. The molecule has 0 aliphatic heterocycles. The predicted molar refractivity (Wildman–Crippen MR) is 72.1 cm³/mol. The summed E-state index contributed by atoms with van der Waals surface area (Å²) in [6.07, 6.45) is 4.64. The van der Waals surface area contributed by atoms with Crippen LogP contribution in [-0.2, 0) is 4.79 Å². The van der Waals surface area contributed by atoms with Gasteiger partial charge in [-0.15, -0.1) is 0 Å². The molecule has 0 amide bonds. The summed E-state index contributed by atoms with van der Waals surface area (Å²) in [6, 6.07) is 3.59. The van der Waals surface area contributed by atoms with E-state index in [1.165, 1.54) is 0 Å². The summed E-state index contributed by atoms with van der Waals surface area (Å²) in [5, 5.41) is 16.5. The summed E-state index contributed by atoms with van der Waals surface area (Å²) in [5.41, 5.74) is -0.00690. The van der Waals surface area contributed by atoms with Crippen LogP contribution in [0.1, 0.15) is 26.7 Å². The van der Waals surface area contributed by atoms with E-state index in [1.54, 1.807) is 29.0 Å². The Morgan fingerprint density at radius 2 is 2.16 bits per heavy atom. The SMILES string of the molecule is CCC(CC)(CNc1ccn2nccc2n1)C(=O)O. The molecular weight excluding hydrogens is 244 g/mol. The van der Waals surface area contributed by atoms with Crippen molar-refractivity contribution in [1.82, 2.24) is 14.6 Å². The zero-order chi connectivity index (χ0) is 13.9. The smallest absolute Gasteiger partial charge is 0.311 e. The van der Waals surface area contributed by atoms with E-state index in [0.29, 0.717) is 25.2 Å². The lowest BCUT2D eigenvalue weighted by Crippen LogP contribution is -2.37. The number of anilines is 1. The molecule has 6 heteroatoms. The summed E-state index contributed by atoms with van der Waals surface area (Å²) < 4.78 is 1.66. The van der Waals surface area contributed by atoms with Gasteiger partial charge in [0, 0.05) is 18.8 Å². The van der Waals surface area contributed by atoms with Crippen LogP contribution in [0.5, 0.6) is 0 Å². The Balaban J connectivity index is 2.14. The molecule has 0 bridgehead atoms. The largest absolute Gasteiger partial charge is 0.481 e. The summed E-state index contributed by atoms with van der Waals surface area (Å²) in [5.74, 6) is -0.101. The Kier molecular flexibility index (Phi) is 3.69. The molecule has 2 rings (SSSR count). The first kappa shape index (κ1) is 13.3. The Bertz CT molecular complexity index is 575. The number of fused-ring (bicyclic) bond motifs is 1. The van der Waals surface area contributed by atoms with Crippen LogP contribution in [0.2, 0.25) is 0 Å². The summed E-state index contributed by atoms with van der Waals surface area (Å²) >= 11 is 0. The van der Waals surface area contributed by atoms with E-state index in [4.69, 9.17) is 0 Å². The molecule has 19 heavy (non-hydrogen) atoms. The van der Waals surface area contributed by atoms with Crippen molar-refractivity contribution >= 4 is 17.4 Å². The number of aromatic nitrogens is 3. The van der Waals surface area contributed by atoms with Crippen molar-refractivity contribution in [3.8, 4) is 0 Å². The number of carbonyl (C=O) groups is 1. The van der Waals surface area contributed by atoms with E-state index in [0.717, 1.165) is 5.65 Å². The molecule has 0 unspecified atom stereocenters. The van der Waals surface area contributed by atoms with Crippen LogP contribution in [0.4, 0.5) is 5.82 Å². The van der Waals surface area contributed by atoms with Crippen molar-refractivity contribution in [2.45, 2.75) is 26.7 Å². The third-order valence-corrected chi connectivity index (χ3v) is 3.67. The highest BCUT2D eigenvalue weighted by atomic mass is 16.4. The second kappa shape index (κ2) is 5.26. The van der Waals surface area contributed by atoms with Gasteiger partial charge in [0.15, 0.2) is 5.65 Å². The summed E-state index contributed by atoms with van der Waals surface area (Å²) in [6.45, 7) is 4.16. The Morgan fingerprint density at radius 3 is 2.79 bits per heavy atom. The van der Waals surface area contributed by atoms with E-state index in [-0.39, 0.29) is 0 Å². The van der Waals surface area contributed by atoms with Crippen molar-refractivity contribution < 1.29 is 9.90 Å². The number of hydrogen-bond donors (Lipinski definition) is 2. The molecule has 0 saturated heterocycles. The van der Waals surface area contributed by atoms with Crippen molar-refractivity contribution in [2.24, 2.45) is 5.41 Å². The third kappa shape index (κ3) is 2.52. The molecule has 0 aliphatic carbocycles. The highest BCUT2D eigenvalue weighted by Crippen LogP contribution is 2.27. The Hall–Kier alpha value is -2.11. The molecule has 0 atom stereocenters. The lowest BCUT2D eigenvalue weighted by atomic mass is 9.82. The number of hydrogen-bond acceptors (Lipinski definition) is 4. The molecule has 6 nitrogen and oxygen atoms in total. The van der Waals surface area contributed by atoms with Gasteiger partial charge in [-0.3, -0.25) is 4.79 Å². The van der Waals surface area contributed by atoms with Crippen molar-refractivity contribution in [3.63, 3.8) is 0 Å². The molecule has 0 fully saturated rings. The third-order valence-electron chi connectivity index (χ3n) is 3.67. The van der Waals surface area contributed by atoms with Crippen LogP contribution in [0, 0.1) is 5.41 Å². The molecule has 2 aromatic rings. The van der Waals surface area contributed by atoms with Gasteiger partial charge in [0.05, 0.1) is 11.6 Å². The lowest BCUT2D eigenvalue weighted by Gasteiger charge is -2.27. The first-order valence-corrected chi connectivity index (χ1v) is 6.39. The first-order valence-electron chi connectivity index (χ1n) is 6.39. The van der Waals surface area contributed by atoms with Crippen LogP contribution in [0.3, 0.4) is 0 Å². The molecule has 0 aliphatic rings. The van der Waals surface area contributed by atoms with Crippen LogP contribution in [-0.4, -0.2) is 32.2 Å². The van der Waals surface area contributed by atoms with Gasteiger partial charge in [0.25, 0.3) is 0 Å². The van der Waals surface area contributed by atoms with Gasteiger partial charge in [-0.25, -0.2) is 9.50 Å². The van der Waals surface area contributed by atoms with E-state index in [9.17, 15) is 9.90 Å². The Labute approximate surface area is 111 Å². The number of carboxylic acid groups (broad SMARTS) is 1. The monoisotopic (exact) mass is 262 g/mol. The highest BCUT2D eigenvalue weighted by molar-refractivity contribution is 5.75. The van der Waals surface area contributed by atoms with E-state index in [2.05, 4.69) is 15.4 Å². The van der Waals surface area contributed by atoms with Gasteiger partial charge in [-0.1, -0.05) is 13.8 Å². The number of nitrogens with zero attached hydrogens (tertiary/aromatic N) is 3. The number of rotatable bonds is 6. The zero-order valence-corrected chi connectivity index (χ0v) is 11.1. The first-order chi connectivity index (χ1) is 9.11. The maximum atomic E-state index is 11.4. The molecule has 2 heterocycles. The molecule has 0 spiro atoms. The van der Waals surface area contributed by atoms with E-state index in [1.807, 2.05) is 13.8 Å². The van der Waals surface area contributed by atoms with Gasteiger partial charge < -0.3 is 10.4 Å². The standard InChI is InChI=1S/C13H18N4O2/c1-3-13(4-2,12(18)19)9-14-10-6-8-17-11(16-10)5-7-15-17/h5-8H,3-4,9H2,1-2H3,(H,14,16)(H,18,19). The average molecular weight is 262 g/mol. The average Bonchev–Trinajstić information content (AvgIpc) is 2.87. The van der Waals surface area contributed by atoms with E-state index < -0.39 is 11.4 Å². The fraction of sp³-hybridized carbons (Fsp3) is 0.462. The van der Waals surface area contributed by atoms with Crippen molar-refractivity contribution in [1.29, 1.82) is 0 Å². The molecule has 102 valence electrons. The minimum Gasteiger partial charge on any atom is -0.481 e. The van der Waals surface area contributed by atoms with Crippen LogP contribution in [0.15, 0.2) is 24.5 Å². The Morgan fingerprint density at radius 1 is 1.42 bits per heavy atom. The molecule has 0 aromatic carbocycles. The quantitative estimate of drug-likeness (QED) is 0.832. The highest BCUT2D eigenvalue weighted by Gasteiger charge is 2.34. The summed E-state index contributed by atoms with van der Waals surface area (Å²) in [7, 11) is 0. The lowest BCUT2D eigenvalue weighted by molar-refractivity contribution is -0.148. The molecule has 2 N–H and O–H groups in total. The topological polar surface area (TPSA) is 79.5 Å². The fourth-order valence-electron chi connectivity index (χ4n) is 2.05. The van der Waals surface area contributed by atoms with Crippen LogP contribution in [0.25, 0.3) is 5.65 Å². The number of aliphatic carboxylic acids is 1. The normalized spacial score (nSPS) is 11.7. The van der Waals surface area contributed by atoms with Crippen molar-refractivity contribution in [3.05, 3.63) is 24.5 Å². The van der Waals surface area contributed by atoms with Gasteiger partial charge in [0.1, 0.15) is 5.82 Å². The van der Waals surface area contributed by atoms with E-state index >= 15 is 0 Å². The number of nitrogens with one attached hydrogen (secondary N) is 1. The minimum absolute atomic E-state index is 0.368. The summed E-state index contributed by atoms with van der Waals surface area (Å²) in [4.78, 5) is 15.8. The minimum atomic E-state index is -0.768. The van der Waals surface area contributed by atoms with Crippen molar-refractivity contribution in [2.75, 3.05) is 11.9 Å². The maximum Gasteiger partial charge on any atom is 0.311 e. The predicted octanol–water partition coefficient (Wildman–Crippen LogP) is 2.03. The van der Waals surface area contributed by atoms with Gasteiger partial charge in [-0.2, -0.15) is 5.10 Å². The number of carboxylic acids is 1. The molecular formula is C13H18N4O2. The second-order valence-corrected chi connectivity index (χ2v) is 4.59. The van der Waals surface area contributed by atoms with Gasteiger partial charge in [-0.05, 0) is 18.9 Å². The van der Waals surface area contributed by atoms with Crippen LogP contribution >= 0.6 is 0 Å². The fourth-order valence-corrected chi connectivity index (χ4v) is 2.05. The zero-order valence-electron chi connectivity index (χ0n) is 11.1. The second-order valence-electron chi connectivity index (χ2n) is 4.59. The van der Waals surface area contributed by atoms with Crippen LogP contribution < -0.4 is 5.32 Å². The maximum absolute atomic E-state index is 11.4. The molecule has 0 saturated carbocycles. The van der Waals surface area contributed by atoms with Gasteiger partial charge >= 0.3 is 5.97 Å².